The summed E-state index contributed by atoms with van der Waals surface area (Å²) in [5.41, 5.74) is 1.16. The number of rotatable bonds is 4. The van der Waals surface area contributed by atoms with Crippen molar-refractivity contribution in [2.24, 2.45) is 0 Å². The molecule has 1 aromatic rings. The molecule has 3 fully saturated rings. The quantitative estimate of drug-likeness (QED) is 0.912. The molecule has 24 heavy (non-hydrogen) atoms. The Hall–Kier alpha value is -1.46. The van der Waals surface area contributed by atoms with Crippen molar-refractivity contribution in [3.05, 3.63) is 30.1 Å². The van der Waals surface area contributed by atoms with Crippen LogP contribution in [0.4, 0.5) is 0 Å². The van der Waals surface area contributed by atoms with Crippen molar-refractivity contribution in [1.82, 2.24) is 20.1 Å². The third-order valence-electron chi connectivity index (χ3n) is 6.21. The molecule has 3 aliphatic heterocycles. The average molecular weight is 328 g/mol. The summed E-state index contributed by atoms with van der Waals surface area (Å²) in [6, 6.07) is 4.11. The van der Waals surface area contributed by atoms with Crippen molar-refractivity contribution in [2.75, 3.05) is 39.3 Å². The van der Waals surface area contributed by atoms with Crippen LogP contribution in [0.3, 0.4) is 0 Å². The largest absolute Gasteiger partial charge is 0.350 e. The molecule has 130 valence electrons. The zero-order valence-corrected chi connectivity index (χ0v) is 14.4. The first-order chi connectivity index (χ1) is 11.8. The van der Waals surface area contributed by atoms with Crippen LogP contribution in [0.5, 0.6) is 0 Å². The molecule has 3 saturated heterocycles. The Morgan fingerprint density at radius 1 is 1.12 bits per heavy atom. The Morgan fingerprint density at radius 3 is 2.50 bits per heavy atom. The smallest absolute Gasteiger partial charge is 0.221 e. The van der Waals surface area contributed by atoms with Crippen molar-refractivity contribution in [2.45, 2.75) is 43.6 Å². The zero-order valence-electron chi connectivity index (χ0n) is 14.4. The number of piperidine rings is 1. The minimum atomic E-state index is -0.0513. The second kappa shape index (κ2) is 6.81. The predicted octanol–water partition coefficient (Wildman–Crippen LogP) is 1.62. The van der Waals surface area contributed by atoms with Crippen LogP contribution in [0.2, 0.25) is 0 Å². The minimum Gasteiger partial charge on any atom is -0.350 e. The molecule has 1 aromatic heterocycles. The number of carbonyl (C=O) groups is 1. The molecular weight excluding hydrogens is 300 g/mol. The first-order valence-electron chi connectivity index (χ1n) is 9.41. The molecule has 4 heterocycles. The molecule has 0 unspecified atom stereocenters. The average Bonchev–Trinajstić information content (AvgIpc) is 3.23. The summed E-state index contributed by atoms with van der Waals surface area (Å²) in [5, 5.41) is 3.33. The highest BCUT2D eigenvalue weighted by Crippen LogP contribution is 2.42. The first kappa shape index (κ1) is 16.0. The topological polar surface area (TPSA) is 48.5 Å². The zero-order chi connectivity index (χ0) is 16.4. The van der Waals surface area contributed by atoms with E-state index in [1.165, 1.54) is 44.6 Å². The normalized spacial score (nSPS) is 27.7. The SMILES string of the molecule is O=C1C[C@H](c2cccnc2)C2(CCN(CCN3CCCC3)CC2)N1. The lowest BCUT2D eigenvalue weighted by atomic mass is 9.75. The van der Waals surface area contributed by atoms with E-state index in [4.69, 9.17) is 0 Å². The van der Waals surface area contributed by atoms with Crippen molar-refractivity contribution in [1.29, 1.82) is 0 Å². The third-order valence-corrected chi connectivity index (χ3v) is 6.21. The van der Waals surface area contributed by atoms with Crippen molar-refractivity contribution < 1.29 is 4.79 Å². The summed E-state index contributed by atoms with van der Waals surface area (Å²) in [7, 11) is 0. The van der Waals surface area contributed by atoms with Crippen LogP contribution in [-0.2, 0) is 4.79 Å². The standard InChI is InChI=1S/C19H28N4O/c24-18-14-17(16-4-3-7-20-15-16)19(21-18)5-10-23(11-6-19)13-12-22-8-1-2-9-22/h3-4,7,15,17H,1-2,5-6,8-14H2,(H,21,24)/t17-/m1/s1. The number of nitrogens with zero attached hydrogens (tertiary/aromatic N) is 3. The van der Waals surface area contributed by atoms with Crippen LogP contribution < -0.4 is 5.32 Å². The van der Waals surface area contributed by atoms with Crippen LogP contribution >= 0.6 is 0 Å². The molecule has 3 aliphatic rings. The highest BCUT2D eigenvalue weighted by atomic mass is 16.2. The van der Waals surface area contributed by atoms with Gasteiger partial charge < -0.3 is 15.1 Å². The van der Waals surface area contributed by atoms with Gasteiger partial charge in [-0.05, 0) is 50.4 Å². The Labute approximate surface area is 144 Å². The van der Waals surface area contributed by atoms with E-state index in [2.05, 4.69) is 26.2 Å². The maximum absolute atomic E-state index is 12.1. The molecule has 0 aliphatic carbocycles. The predicted molar refractivity (Wildman–Crippen MR) is 93.8 cm³/mol. The van der Waals surface area contributed by atoms with Crippen LogP contribution in [0.15, 0.2) is 24.5 Å². The fourth-order valence-electron chi connectivity index (χ4n) is 4.75. The lowest BCUT2D eigenvalue weighted by molar-refractivity contribution is -0.120. The van der Waals surface area contributed by atoms with Crippen LogP contribution in [-0.4, -0.2) is 65.5 Å². The summed E-state index contributed by atoms with van der Waals surface area (Å²) >= 11 is 0. The van der Waals surface area contributed by atoms with Gasteiger partial charge >= 0.3 is 0 Å². The van der Waals surface area contributed by atoms with Crippen molar-refractivity contribution in [3.63, 3.8) is 0 Å². The van der Waals surface area contributed by atoms with Gasteiger partial charge in [-0.15, -0.1) is 0 Å². The molecule has 0 aromatic carbocycles. The molecular formula is C19H28N4O. The fraction of sp³-hybridized carbons (Fsp3) is 0.684. The van der Waals surface area contributed by atoms with Gasteiger partial charge in [0, 0.05) is 56.5 Å². The van der Waals surface area contributed by atoms with Crippen LogP contribution in [0.25, 0.3) is 0 Å². The van der Waals surface area contributed by atoms with Gasteiger partial charge in [0.15, 0.2) is 0 Å². The highest BCUT2D eigenvalue weighted by Gasteiger charge is 2.48. The number of hydrogen-bond acceptors (Lipinski definition) is 4. The lowest BCUT2D eigenvalue weighted by Crippen LogP contribution is -2.54. The van der Waals surface area contributed by atoms with Gasteiger partial charge in [-0.25, -0.2) is 0 Å². The summed E-state index contributed by atoms with van der Waals surface area (Å²) in [6.45, 7) is 7.09. The summed E-state index contributed by atoms with van der Waals surface area (Å²) in [4.78, 5) is 21.6. The maximum atomic E-state index is 12.1. The molecule has 4 rings (SSSR count). The summed E-state index contributed by atoms with van der Waals surface area (Å²) < 4.78 is 0. The molecule has 1 atom stereocenters. The van der Waals surface area contributed by atoms with Crippen LogP contribution in [0, 0.1) is 0 Å². The number of nitrogens with one attached hydrogen (secondary N) is 1. The number of likely N-dealkylation sites (tertiary alicyclic amines) is 2. The van der Waals surface area contributed by atoms with E-state index in [1.54, 1.807) is 6.20 Å². The van der Waals surface area contributed by atoms with Gasteiger partial charge in [0.25, 0.3) is 0 Å². The first-order valence-corrected chi connectivity index (χ1v) is 9.41. The Bertz CT molecular complexity index is 562. The van der Waals surface area contributed by atoms with E-state index in [0.29, 0.717) is 6.42 Å². The molecule has 5 heteroatoms. The third kappa shape index (κ3) is 3.20. The van der Waals surface area contributed by atoms with Gasteiger partial charge in [0.1, 0.15) is 0 Å². The molecule has 0 bridgehead atoms. The number of pyridine rings is 1. The van der Waals surface area contributed by atoms with Gasteiger partial charge in [-0.1, -0.05) is 6.07 Å². The Morgan fingerprint density at radius 2 is 1.83 bits per heavy atom. The van der Waals surface area contributed by atoms with Gasteiger partial charge in [-0.2, -0.15) is 0 Å². The van der Waals surface area contributed by atoms with Gasteiger partial charge in [0.05, 0.1) is 0 Å². The van der Waals surface area contributed by atoms with Gasteiger partial charge in [-0.3, -0.25) is 9.78 Å². The molecule has 1 amide bonds. The molecule has 1 N–H and O–H groups in total. The Kier molecular flexibility index (Phi) is 4.55. The highest BCUT2D eigenvalue weighted by molar-refractivity contribution is 5.81. The second-order valence-corrected chi connectivity index (χ2v) is 7.64. The summed E-state index contributed by atoms with van der Waals surface area (Å²) in [5.74, 6) is 0.480. The maximum Gasteiger partial charge on any atom is 0.221 e. The number of aromatic nitrogens is 1. The van der Waals surface area contributed by atoms with Gasteiger partial charge in [0.2, 0.25) is 5.91 Å². The van der Waals surface area contributed by atoms with Crippen LogP contribution in [0.1, 0.15) is 43.6 Å². The van der Waals surface area contributed by atoms with E-state index < -0.39 is 0 Å². The molecule has 1 spiro atoms. The monoisotopic (exact) mass is 328 g/mol. The minimum absolute atomic E-state index is 0.0513. The van der Waals surface area contributed by atoms with E-state index in [9.17, 15) is 4.79 Å². The second-order valence-electron chi connectivity index (χ2n) is 7.64. The van der Waals surface area contributed by atoms with E-state index in [0.717, 1.165) is 25.9 Å². The lowest BCUT2D eigenvalue weighted by Gasteiger charge is -2.43. The Balaban J connectivity index is 1.38. The molecule has 0 radical (unpaired) electrons. The van der Waals surface area contributed by atoms with Crippen molar-refractivity contribution >= 4 is 5.91 Å². The number of hydrogen-bond donors (Lipinski definition) is 1. The fourth-order valence-corrected chi connectivity index (χ4v) is 4.75. The number of carbonyl (C=O) groups excluding carboxylic acids is 1. The van der Waals surface area contributed by atoms with E-state index in [1.807, 2.05) is 12.3 Å². The van der Waals surface area contributed by atoms with E-state index in [-0.39, 0.29) is 17.4 Å². The summed E-state index contributed by atoms with van der Waals surface area (Å²) in [6.07, 6.45) is 9.19. The molecule has 5 nitrogen and oxygen atoms in total. The van der Waals surface area contributed by atoms with Crippen molar-refractivity contribution in [3.8, 4) is 0 Å². The molecule has 0 saturated carbocycles. The van der Waals surface area contributed by atoms with E-state index >= 15 is 0 Å². The number of amides is 1.